The molecule has 0 heterocycles. The fraction of sp³-hybridized carbons (Fsp3) is 0.538. The van der Waals surface area contributed by atoms with Crippen LogP contribution in [0, 0.1) is 5.92 Å². The van der Waals surface area contributed by atoms with Crippen molar-refractivity contribution in [3.63, 3.8) is 0 Å². The normalized spacial score (nSPS) is 13.1. The molecule has 0 aliphatic heterocycles. The van der Waals surface area contributed by atoms with E-state index < -0.39 is 0 Å². The highest BCUT2D eigenvalue weighted by molar-refractivity contribution is 8.00. The van der Waals surface area contributed by atoms with Crippen molar-refractivity contribution in [2.75, 3.05) is 6.61 Å². The first-order chi connectivity index (χ1) is 7.11. The highest BCUT2D eigenvalue weighted by Gasteiger charge is 2.03. The van der Waals surface area contributed by atoms with Crippen molar-refractivity contribution in [2.24, 2.45) is 5.92 Å². The van der Waals surface area contributed by atoms with Crippen LogP contribution < -0.4 is 0 Å². The fourth-order valence-electron chi connectivity index (χ4n) is 1.45. The van der Waals surface area contributed by atoms with Crippen LogP contribution in [-0.2, 0) is 6.42 Å². The Morgan fingerprint density at radius 2 is 1.73 bits per heavy atom. The number of hydrogen-bond donors (Lipinski definition) is 1. The summed E-state index contributed by atoms with van der Waals surface area (Å²) in [7, 11) is 0. The van der Waals surface area contributed by atoms with Gasteiger partial charge in [0.2, 0.25) is 0 Å². The second kappa shape index (κ2) is 6.19. The lowest BCUT2D eigenvalue weighted by Gasteiger charge is -2.09. The molecule has 0 spiro atoms. The fourth-order valence-corrected chi connectivity index (χ4v) is 2.28. The number of thioether (sulfide) groups is 1. The van der Waals surface area contributed by atoms with E-state index >= 15 is 0 Å². The van der Waals surface area contributed by atoms with Crippen molar-refractivity contribution in [3.05, 3.63) is 29.8 Å². The molecule has 15 heavy (non-hydrogen) atoms. The van der Waals surface area contributed by atoms with Gasteiger partial charge in [0.1, 0.15) is 0 Å². The second-order valence-electron chi connectivity index (χ2n) is 4.35. The lowest BCUT2D eigenvalue weighted by atomic mass is 10.0. The standard InChI is InChI=1S/C13H20OS/c1-10(2)8-12-4-6-13(7-5-12)15-11(3)9-14/h4-7,10-11,14H,8-9H2,1-3H3. The monoisotopic (exact) mass is 224 g/mol. The molecule has 84 valence electrons. The van der Waals surface area contributed by atoms with Crippen LogP contribution in [-0.4, -0.2) is 17.0 Å². The van der Waals surface area contributed by atoms with Crippen molar-refractivity contribution in [2.45, 2.75) is 37.3 Å². The average Bonchev–Trinajstić information content (AvgIpc) is 2.20. The molecule has 0 bridgehead atoms. The van der Waals surface area contributed by atoms with Crippen LogP contribution in [0.25, 0.3) is 0 Å². The van der Waals surface area contributed by atoms with Gasteiger partial charge in [0.15, 0.2) is 0 Å². The molecule has 0 aliphatic carbocycles. The van der Waals surface area contributed by atoms with Crippen LogP contribution in [0.4, 0.5) is 0 Å². The van der Waals surface area contributed by atoms with Crippen LogP contribution in [0.2, 0.25) is 0 Å². The topological polar surface area (TPSA) is 20.2 Å². The SMILES string of the molecule is CC(C)Cc1ccc(SC(C)CO)cc1. The van der Waals surface area contributed by atoms with Gasteiger partial charge in [-0.25, -0.2) is 0 Å². The van der Waals surface area contributed by atoms with Gasteiger partial charge < -0.3 is 5.11 Å². The predicted molar refractivity (Wildman–Crippen MR) is 67.4 cm³/mol. The molecule has 1 rings (SSSR count). The average molecular weight is 224 g/mol. The molecule has 1 aromatic rings. The Morgan fingerprint density at radius 1 is 1.13 bits per heavy atom. The summed E-state index contributed by atoms with van der Waals surface area (Å²) in [6.07, 6.45) is 1.14. The van der Waals surface area contributed by atoms with Gasteiger partial charge in [-0.1, -0.05) is 32.9 Å². The maximum atomic E-state index is 8.95. The van der Waals surface area contributed by atoms with Gasteiger partial charge in [0.05, 0.1) is 6.61 Å². The first kappa shape index (κ1) is 12.6. The van der Waals surface area contributed by atoms with E-state index in [0.29, 0.717) is 5.92 Å². The molecule has 1 unspecified atom stereocenters. The minimum atomic E-state index is 0.235. The van der Waals surface area contributed by atoms with Gasteiger partial charge in [-0.2, -0.15) is 0 Å². The quantitative estimate of drug-likeness (QED) is 0.774. The third-order valence-electron chi connectivity index (χ3n) is 2.16. The van der Waals surface area contributed by atoms with Gasteiger partial charge in [-0.3, -0.25) is 0 Å². The molecule has 0 aliphatic rings. The van der Waals surface area contributed by atoms with Gasteiger partial charge in [0.25, 0.3) is 0 Å². The van der Waals surface area contributed by atoms with Crippen molar-refractivity contribution in [1.82, 2.24) is 0 Å². The summed E-state index contributed by atoms with van der Waals surface area (Å²) in [5, 5.41) is 9.23. The van der Waals surface area contributed by atoms with Crippen molar-refractivity contribution in [1.29, 1.82) is 0 Å². The highest BCUT2D eigenvalue weighted by atomic mass is 32.2. The largest absolute Gasteiger partial charge is 0.395 e. The van der Waals surface area contributed by atoms with Crippen LogP contribution in [0.3, 0.4) is 0 Å². The van der Waals surface area contributed by atoms with Gasteiger partial charge in [0, 0.05) is 10.1 Å². The molecular weight excluding hydrogens is 204 g/mol. The van der Waals surface area contributed by atoms with Crippen molar-refractivity contribution >= 4 is 11.8 Å². The molecule has 2 heteroatoms. The third kappa shape index (κ3) is 4.72. The first-order valence-corrected chi connectivity index (χ1v) is 6.36. The molecule has 0 fully saturated rings. The van der Waals surface area contributed by atoms with Gasteiger partial charge in [-0.15, -0.1) is 11.8 Å². The van der Waals surface area contributed by atoms with E-state index in [-0.39, 0.29) is 11.9 Å². The summed E-state index contributed by atoms with van der Waals surface area (Å²) in [5.41, 5.74) is 1.39. The Morgan fingerprint density at radius 3 is 2.20 bits per heavy atom. The Hall–Kier alpha value is -0.470. The zero-order valence-electron chi connectivity index (χ0n) is 9.73. The lowest BCUT2D eigenvalue weighted by Crippen LogP contribution is -2.01. The van der Waals surface area contributed by atoms with E-state index in [4.69, 9.17) is 5.11 Å². The van der Waals surface area contributed by atoms with Crippen molar-refractivity contribution < 1.29 is 5.11 Å². The smallest absolute Gasteiger partial charge is 0.0550 e. The minimum absolute atomic E-state index is 0.235. The molecule has 0 saturated heterocycles. The van der Waals surface area contributed by atoms with Crippen LogP contribution >= 0.6 is 11.8 Å². The maximum Gasteiger partial charge on any atom is 0.0550 e. The van der Waals surface area contributed by atoms with Crippen LogP contribution in [0.5, 0.6) is 0 Å². The molecule has 1 N–H and O–H groups in total. The Kier molecular flexibility index (Phi) is 5.20. The Balaban J connectivity index is 2.56. The number of rotatable bonds is 5. The zero-order chi connectivity index (χ0) is 11.3. The molecule has 1 aromatic carbocycles. The number of benzene rings is 1. The summed E-state index contributed by atoms with van der Waals surface area (Å²) in [4.78, 5) is 1.24. The summed E-state index contributed by atoms with van der Waals surface area (Å²) in [5.74, 6) is 0.708. The molecule has 0 saturated carbocycles. The summed E-state index contributed by atoms with van der Waals surface area (Å²) in [6.45, 7) is 6.73. The first-order valence-electron chi connectivity index (χ1n) is 5.48. The predicted octanol–water partition coefficient (Wildman–Crippen LogP) is 3.36. The summed E-state index contributed by atoms with van der Waals surface area (Å²) >= 11 is 1.72. The van der Waals surface area contributed by atoms with E-state index in [9.17, 15) is 0 Å². The summed E-state index contributed by atoms with van der Waals surface area (Å²) < 4.78 is 0. The molecule has 1 atom stereocenters. The van der Waals surface area contributed by atoms with E-state index in [0.717, 1.165) is 6.42 Å². The van der Waals surface area contributed by atoms with E-state index in [2.05, 4.69) is 38.1 Å². The van der Waals surface area contributed by atoms with E-state index in [1.807, 2.05) is 6.92 Å². The molecular formula is C13H20OS. The lowest BCUT2D eigenvalue weighted by molar-refractivity contribution is 0.300. The Bertz CT molecular complexity index is 279. The maximum absolute atomic E-state index is 8.95. The third-order valence-corrected chi connectivity index (χ3v) is 3.26. The molecule has 0 radical (unpaired) electrons. The van der Waals surface area contributed by atoms with E-state index in [1.165, 1.54) is 10.5 Å². The van der Waals surface area contributed by atoms with Gasteiger partial charge >= 0.3 is 0 Å². The van der Waals surface area contributed by atoms with Gasteiger partial charge in [-0.05, 0) is 30.0 Å². The molecule has 0 aromatic heterocycles. The number of aliphatic hydroxyl groups excluding tert-OH is 1. The highest BCUT2D eigenvalue weighted by Crippen LogP contribution is 2.23. The second-order valence-corrected chi connectivity index (χ2v) is 5.86. The Labute approximate surface area is 96.9 Å². The number of hydrogen-bond acceptors (Lipinski definition) is 2. The zero-order valence-corrected chi connectivity index (χ0v) is 10.6. The van der Waals surface area contributed by atoms with Crippen molar-refractivity contribution in [3.8, 4) is 0 Å². The van der Waals surface area contributed by atoms with E-state index in [1.54, 1.807) is 11.8 Å². The molecule has 0 amide bonds. The minimum Gasteiger partial charge on any atom is -0.395 e. The van der Waals surface area contributed by atoms with Crippen LogP contribution in [0.1, 0.15) is 26.3 Å². The van der Waals surface area contributed by atoms with Crippen LogP contribution in [0.15, 0.2) is 29.2 Å². The summed E-state index contributed by atoms with van der Waals surface area (Å²) in [6, 6.07) is 8.67. The number of aliphatic hydroxyl groups is 1. The molecule has 1 nitrogen and oxygen atoms in total.